The molecule has 0 aliphatic rings. The molecule has 0 saturated carbocycles. The van der Waals surface area contributed by atoms with E-state index in [2.05, 4.69) is 59.3 Å². The van der Waals surface area contributed by atoms with Crippen molar-refractivity contribution >= 4 is 38.3 Å². The lowest BCUT2D eigenvalue weighted by Crippen LogP contribution is -2.38. The Labute approximate surface area is 246 Å². The number of carboxylic acids is 1. The van der Waals surface area contributed by atoms with Gasteiger partial charge in [-0.2, -0.15) is 5.10 Å². The molecule has 0 atom stereocenters. The molecular formula is C36H26N2O3S. The molecule has 0 fully saturated rings. The number of ether oxygens (including phenoxy) is 1. The number of benzene rings is 5. The Bertz CT molecular complexity index is 1920. The van der Waals surface area contributed by atoms with Crippen LogP contribution in [0.5, 0.6) is 5.75 Å². The van der Waals surface area contributed by atoms with Crippen LogP contribution in [-0.4, -0.2) is 28.0 Å². The van der Waals surface area contributed by atoms with Crippen LogP contribution in [0.1, 0.15) is 27.0 Å². The number of aromatic nitrogens is 2. The molecule has 2 heterocycles. The second-order valence-electron chi connectivity index (χ2n) is 10.1. The first kappa shape index (κ1) is 25.7. The summed E-state index contributed by atoms with van der Waals surface area (Å²) in [5.74, 6) is -0.772. The summed E-state index contributed by atoms with van der Waals surface area (Å²) in [4.78, 5) is 13.3. The van der Waals surface area contributed by atoms with Crippen molar-refractivity contribution in [2.45, 2.75) is 5.54 Å². The third-order valence-corrected chi connectivity index (χ3v) is 8.91. The summed E-state index contributed by atoms with van der Waals surface area (Å²) in [6, 6.07) is 44.9. The maximum absolute atomic E-state index is 12.4. The van der Waals surface area contributed by atoms with Crippen molar-refractivity contribution in [1.29, 1.82) is 0 Å². The number of rotatable bonds is 7. The number of aromatic carboxylic acids is 1. The lowest BCUT2D eigenvalue weighted by atomic mass is 9.77. The highest BCUT2D eigenvalue weighted by atomic mass is 32.1. The molecule has 0 saturated heterocycles. The number of carbonyl (C=O) groups is 1. The Morgan fingerprint density at radius 2 is 1.31 bits per heavy atom. The highest BCUT2D eigenvalue weighted by Crippen LogP contribution is 2.46. The molecule has 5 aromatic carbocycles. The van der Waals surface area contributed by atoms with E-state index in [1.807, 2.05) is 72.8 Å². The Balaban J connectivity index is 1.67. The maximum atomic E-state index is 12.4. The minimum absolute atomic E-state index is 0.0941. The van der Waals surface area contributed by atoms with Gasteiger partial charge in [0.05, 0.1) is 17.5 Å². The summed E-state index contributed by atoms with van der Waals surface area (Å²) in [7, 11) is 1.50. The van der Waals surface area contributed by atoms with E-state index in [4.69, 9.17) is 9.84 Å². The van der Waals surface area contributed by atoms with Gasteiger partial charge in [0, 0.05) is 16.2 Å². The SMILES string of the molecule is COc1cc2c(cc1C(=O)O)c(-c1cc3ccccc3s1)nn2C(c1ccccc1)(c1ccccc1)c1ccccc1. The normalized spacial score (nSPS) is 11.6. The number of thiophene rings is 1. The lowest BCUT2D eigenvalue weighted by Gasteiger charge is -2.37. The monoisotopic (exact) mass is 566 g/mol. The highest BCUT2D eigenvalue weighted by molar-refractivity contribution is 7.22. The molecule has 0 aliphatic carbocycles. The summed E-state index contributed by atoms with van der Waals surface area (Å²) < 4.78 is 8.84. The zero-order chi connectivity index (χ0) is 28.7. The van der Waals surface area contributed by atoms with Gasteiger partial charge in [-0.3, -0.25) is 0 Å². The Kier molecular flexibility index (Phi) is 6.33. The molecule has 0 spiro atoms. The topological polar surface area (TPSA) is 64.3 Å². The number of hydrogen-bond acceptors (Lipinski definition) is 4. The van der Waals surface area contributed by atoms with E-state index in [0.717, 1.165) is 48.3 Å². The quantitative estimate of drug-likeness (QED) is 0.197. The van der Waals surface area contributed by atoms with E-state index in [0.29, 0.717) is 0 Å². The molecule has 204 valence electrons. The van der Waals surface area contributed by atoms with Crippen molar-refractivity contribution in [3.8, 4) is 16.3 Å². The van der Waals surface area contributed by atoms with Gasteiger partial charge in [-0.1, -0.05) is 109 Å². The third kappa shape index (κ3) is 3.99. The summed E-state index contributed by atoms with van der Waals surface area (Å²) in [5, 5.41) is 17.4. The third-order valence-electron chi connectivity index (χ3n) is 7.78. The van der Waals surface area contributed by atoms with Gasteiger partial charge in [0.1, 0.15) is 22.5 Å². The minimum Gasteiger partial charge on any atom is -0.496 e. The molecule has 7 aromatic rings. The summed E-state index contributed by atoms with van der Waals surface area (Å²) >= 11 is 1.65. The first-order valence-electron chi connectivity index (χ1n) is 13.6. The number of methoxy groups -OCH3 is 1. The molecule has 2 aromatic heterocycles. The van der Waals surface area contributed by atoms with E-state index >= 15 is 0 Å². The van der Waals surface area contributed by atoms with Crippen LogP contribution >= 0.6 is 11.3 Å². The molecule has 6 heteroatoms. The highest BCUT2D eigenvalue weighted by Gasteiger charge is 2.41. The van der Waals surface area contributed by atoms with Gasteiger partial charge in [0.25, 0.3) is 0 Å². The van der Waals surface area contributed by atoms with E-state index in [9.17, 15) is 9.90 Å². The van der Waals surface area contributed by atoms with Gasteiger partial charge in [-0.25, -0.2) is 9.48 Å². The first-order valence-corrected chi connectivity index (χ1v) is 14.4. The van der Waals surface area contributed by atoms with E-state index in [-0.39, 0.29) is 11.3 Å². The van der Waals surface area contributed by atoms with Crippen molar-refractivity contribution in [3.63, 3.8) is 0 Å². The average molecular weight is 567 g/mol. The van der Waals surface area contributed by atoms with Crippen molar-refractivity contribution in [1.82, 2.24) is 9.78 Å². The second kappa shape index (κ2) is 10.3. The number of hydrogen-bond donors (Lipinski definition) is 1. The molecule has 1 N–H and O–H groups in total. The number of nitrogens with zero attached hydrogens (tertiary/aromatic N) is 2. The Hall–Kier alpha value is -5.20. The minimum atomic E-state index is -1.05. The van der Waals surface area contributed by atoms with Crippen LogP contribution in [-0.2, 0) is 5.54 Å². The molecular weight excluding hydrogens is 540 g/mol. The van der Waals surface area contributed by atoms with Gasteiger partial charge in [0.2, 0.25) is 0 Å². The Morgan fingerprint density at radius 3 is 1.83 bits per heavy atom. The molecule has 0 radical (unpaired) electrons. The van der Waals surface area contributed by atoms with Crippen LogP contribution < -0.4 is 4.74 Å². The fourth-order valence-corrected chi connectivity index (χ4v) is 6.98. The molecule has 7 rings (SSSR count). The lowest BCUT2D eigenvalue weighted by molar-refractivity contribution is 0.0693. The molecule has 0 bridgehead atoms. The van der Waals surface area contributed by atoms with Crippen molar-refractivity contribution in [2.75, 3.05) is 7.11 Å². The summed E-state index contributed by atoms with van der Waals surface area (Å²) in [6.07, 6.45) is 0. The predicted molar refractivity (Wildman–Crippen MR) is 169 cm³/mol. The number of carboxylic acid groups (broad SMARTS) is 1. The van der Waals surface area contributed by atoms with E-state index in [1.54, 1.807) is 17.4 Å². The van der Waals surface area contributed by atoms with Crippen LogP contribution in [0.2, 0.25) is 0 Å². The summed E-state index contributed by atoms with van der Waals surface area (Å²) in [5.41, 5.74) is 3.77. The average Bonchev–Trinajstić information content (AvgIpc) is 3.64. The molecule has 0 aliphatic heterocycles. The van der Waals surface area contributed by atoms with Gasteiger partial charge in [-0.15, -0.1) is 11.3 Å². The van der Waals surface area contributed by atoms with Gasteiger partial charge < -0.3 is 9.84 Å². The molecule has 42 heavy (non-hydrogen) atoms. The van der Waals surface area contributed by atoms with Crippen molar-refractivity contribution < 1.29 is 14.6 Å². The van der Waals surface area contributed by atoms with Crippen LogP contribution in [0, 0.1) is 0 Å². The zero-order valence-corrected chi connectivity index (χ0v) is 23.6. The van der Waals surface area contributed by atoms with Crippen LogP contribution in [0.15, 0.2) is 133 Å². The zero-order valence-electron chi connectivity index (χ0n) is 22.8. The molecule has 5 nitrogen and oxygen atoms in total. The maximum Gasteiger partial charge on any atom is 0.339 e. The van der Waals surface area contributed by atoms with E-state index in [1.165, 1.54) is 7.11 Å². The standard InChI is InChI=1S/C36H26N2O3S/c1-41-31-23-30-28(22-29(31)35(39)40)34(33-21-24-13-11-12-20-32(24)42-33)37-38(30)36(25-14-5-2-6-15-25,26-16-7-3-8-17-26)27-18-9-4-10-19-27/h2-23H,1H3,(H,39,40). The fraction of sp³-hybridized carbons (Fsp3) is 0.0556. The van der Waals surface area contributed by atoms with Crippen molar-refractivity contribution in [3.05, 3.63) is 156 Å². The Morgan fingerprint density at radius 1 is 0.762 bits per heavy atom. The second-order valence-corrected chi connectivity index (χ2v) is 11.2. The first-order chi connectivity index (χ1) is 20.6. The van der Waals surface area contributed by atoms with Gasteiger partial charge in [0.15, 0.2) is 0 Å². The summed E-state index contributed by atoms with van der Waals surface area (Å²) in [6.45, 7) is 0. The van der Waals surface area contributed by atoms with Gasteiger partial charge in [-0.05, 0) is 40.3 Å². The number of fused-ring (bicyclic) bond motifs is 2. The van der Waals surface area contributed by atoms with Gasteiger partial charge >= 0.3 is 5.97 Å². The molecule has 0 unspecified atom stereocenters. The largest absolute Gasteiger partial charge is 0.496 e. The van der Waals surface area contributed by atoms with Crippen molar-refractivity contribution in [2.24, 2.45) is 0 Å². The van der Waals surface area contributed by atoms with E-state index < -0.39 is 11.5 Å². The van der Waals surface area contributed by atoms with Crippen LogP contribution in [0.25, 0.3) is 31.6 Å². The predicted octanol–water partition coefficient (Wildman–Crippen LogP) is 8.47. The van der Waals surface area contributed by atoms with Crippen LogP contribution in [0.4, 0.5) is 0 Å². The smallest absolute Gasteiger partial charge is 0.339 e. The fourth-order valence-electron chi connectivity index (χ4n) is 5.92. The molecule has 0 amide bonds. The van der Waals surface area contributed by atoms with Crippen LogP contribution in [0.3, 0.4) is 0 Å².